The summed E-state index contributed by atoms with van der Waals surface area (Å²) < 4.78 is 35.4. The second-order valence-corrected chi connectivity index (χ2v) is 11.6. The van der Waals surface area contributed by atoms with Gasteiger partial charge in [0.05, 0.1) is 23.3 Å². The Kier molecular flexibility index (Phi) is 7.35. The summed E-state index contributed by atoms with van der Waals surface area (Å²) in [6.45, 7) is 5.91. The Balaban J connectivity index is 1.35. The summed E-state index contributed by atoms with van der Waals surface area (Å²) in [5, 5.41) is 16.7. The standard InChI is InChI=1S/C29H33F2N5O5/c1-28(2,3)41-27(40)33-29(26(38)39)9-13-34(14-10-29)25(37)21-17-32-36-12-8-19(16-24(21)36)35-11-4-5-23(35)20-15-18(30)6-7-22(20)31/h6-8,12,15-17,23H,4-5,9-11,13-14H2,1-3H3,(H,33,40)(H,38,39). The minimum absolute atomic E-state index is 0.00638. The molecule has 2 aromatic heterocycles. The van der Waals surface area contributed by atoms with Gasteiger partial charge in [-0.3, -0.25) is 4.79 Å². The first kappa shape index (κ1) is 28.3. The van der Waals surface area contributed by atoms with E-state index >= 15 is 0 Å². The normalized spacial score (nSPS) is 18.9. The number of pyridine rings is 1. The zero-order chi connectivity index (χ0) is 29.5. The fourth-order valence-electron chi connectivity index (χ4n) is 5.64. The van der Waals surface area contributed by atoms with E-state index in [-0.39, 0.29) is 37.9 Å². The van der Waals surface area contributed by atoms with Crippen LogP contribution in [0.3, 0.4) is 0 Å². The van der Waals surface area contributed by atoms with Crippen LogP contribution in [0.4, 0.5) is 19.3 Å². The predicted octanol–water partition coefficient (Wildman–Crippen LogP) is 4.54. The number of carbonyl (C=O) groups excluding carboxylic acids is 2. The zero-order valence-electron chi connectivity index (χ0n) is 23.2. The number of nitrogens with one attached hydrogen (secondary N) is 1. The fourth-order valence-corrected chi connectivity index (χ4v) is 5.64. The van der Waals surface area contributed by atoms with Crippen molar-refractivity contribution in [1.82, 2.24) is 19.8 Å². The fraction of sp³-hybridized carbons (Fsp3) is 0.448. The van der Waals surface area contributed by atoms with Crippen LogP contribution < -0.4 is 10.2 Å². The number of carbonyl (C=O) groups is 3. The lowest BCUT2D eigenvalue weighted by Crippen LogP contribution is -2.61. The Morgan fingerprint density at radius 1 is 1.10 bits per heavy atom. The van der Waals surface area contributed by atoms with E-state index in [1.54, 1.807) is 36.4 Å². The Bertz CT molecular complexity index is 1490. The quantitative estimate of drug-likeness (QED) is 0.464. The smallest absolute Gasteiger partial charge is 0.408 e. The number of halogens is 2. The van der Waals surface area contributed by atoms with Crippen LogP contribution >= 0.6 is 0 Å². The molecule has 10 nitrogen and oxygen atoms in total. The van der Waals surface area contributed by atoms with Crippen LogP contribution in [-0.2, 0) is 9.53 Å². The van der Waals surface area contributed by atoms with Crippen molar-refractivity contribution in [3.63, 3.8) is 0 Å². The molecule has 218 valence electrons. The second-order valence-electron chi connectivity index (χ2n) is 11.6. The van der Waals surface area contributed by atoms with Crippen LogP contribution in [0.5, 0.6) is 0 Å². The molecule has 1 aromatic carbocycles. The second kappa shape index (κ2) is 10.6. The predicted molar refractivity (Wildman–Crippen MR) is 146 cm³/mol. The van der Waals surface area contributed by atoms with E-state index in [9.17, 15) is 28.3 Å². The van der Waals surface area contributed by atoms with Crippen molar-refractivity contribution in [2.75, 3.05) is 24.5 Å². The maximum atomic E-state index is 14.6. The molecule has 2 aliphatic heterocycles. The van der Waals surface area contributed by atoms with Crippen LogP contribution in [-0.4, -0.2) is 68.4 Å². The van der Waals surface area contributed by atoms with E-state index < -0.39 is 34.8 Å². The number of ether oxygens (including phenoxy) is 1. The van der Waals surface area contributed by atoms with Gasteiger partial charge in [-0.25, -0.2) is 22.9 Å². The van der Waals surface area contributed by atoms with Gasteiger partial charge in [0.25, 0.3) is 5.91 Å². The summed E-state index contributed by atoms with van der Waals surface area (Å²) in [5.74, 6) is -2.47. The molecule has 1 unspecified atom stereocenters. The Labute approximate surface area is 235 Å². The number of fused-ring (bicyclic) bond motifs is 1. The van der Waals surface area contributed by atoms with Crippen molar-refractivity contribution < 1.29 is 33.0 Å². The van der Waals surface area contributed by atoms with Gasteiger partial charge in [-0.15, -0.1) is 0 Å². The number of amides is 2. The van der Waals surface area contributed by atoms with E-state index in [1.807, 2.05) is 17.0 Å². The molecule has 1 atom stereocenters. The lowest BCUT2D eigenvalue weighted by atomic mass is 9.87. The Hall–Kier alpha value is -4.22. The molecule has 5 rings (SSSR count). The molecule has 0 spiro atoms. The van der Waals surface area contributed by atoms with E-state index in [2.05, 4.69) is 10.4 Å². The van der Waals surface area contributed by atoms with E-state index in [0.29, 0.717) is 29.6 Å². The van der Waals surface area contributed by atoms with Crippen LogP contribution in [0, 0.1) is 11.6 Å². The minimum Gasteiger partial charge on any atom is -0.480 e. The van der Waals surface area contributed by atoms with E-state index in [1.165, 1.54) is 12.3 Å². The molecule has 0 radical (unpaired) electrons. The minimum atomic E-state index is -1.55. The third kappa shape index (κ3) is 5.68. The third-order valence-electron chi connectivity index (χ3n) is 7.69. The van der Waals surface area contributed by atoms with E-state index in [4.69, 9.17) is 4.74 Å². The van der Waals surface area contributed by atoms with Gasteiger partial charge in [0.2, 0.25) is 0 Å². The number of aromatic nitrogens is 2. The molecule has 2 fully saturated rings. The maximum absolute atomic E-state index is 14.6. The van der Waals surface area contributed by atoms with Crippen LogP contribution in [0.25, 0.3) is 5.52 Å². The molecule has 12 heteroatoms. The number of anilines is 1. The van der Waals surface area contributed by atoms with Gasteiger partial charge in [-0.05, 0) is 76.8 Å². The summed E-state index contributed by atoms with van der Waals surface area (Å²) in [6, 6.07) is 6.76. The van der Waals surface area contributed by atoms with Crippen molar-refractivity contribution >= 4 is 29.2 Å². The summed E-state index contributed by atoms with van der Waals surface area (Å²) in [6.07, 6.45) is 3.83. The third-order valence-corrected chi connectivity index (χ3v) is 7.69. The molecular formula is C29H33F2N5O5. The number of likely N-dealkylation sites (tertiary alicyclic amines) is 1. The van der Waals surface area contributed by atoms with Gasteiger partial charge in [0.15, 0.2) is 0 Å². The number of alkyl carbamates (subject to hydrolysis) is 1. The monoisotopic (exact) mass is 569 g/mol. The van der Waals surface area contributed by atoms with Crippen molar-refractivity contribution in [3.05, 3.63) is 65.5 Å². The summed E-state index contributed by atoms with van der Waals surface area (Å²) in [5.41, 5.74) is -0.416. The van der Waals surface area contributed by atoms with Gasteiger partial charge >= 0.3 is 12.1 Å². The molecule has 0 aliphatic carbocycles. The highest BCUT2D eigenvalue weighted by atomic mass is 19.1. The largest absolute Gasteiger partial charge is 0.480 e. The molecule has 2 aliphatic rings. The Morgan fingerprint density at radius 2 is 1.83 bits per heavy atom. The Morgan fingerprint density at radius 3 is 2.51 bits per heavy atom. The number of hydrogen-bond acceptors (Lipinski definition) is 6. The SMILES string of the molecule is CC(C)(C)OC(=O)NC1(C(=O)O)CCN(C(=O)c2cnn3ccc(N4CCCC4c4cc(F)ccc4F)cc23)CC1. The van der Waals surface area contributed by atoms with Crippen LogP contribution in [0.15, 0.2) is 42.7 Å². The lowest BCUT2D eigenvalue weighted by Gasteiger charge is -2.39. The first-order chi connectivity index (χ1) is 19.4. The van der Waals surface area contributed by atoms with Gasteiger partial charge in [-0.2, -0.15) is 5.10 Å². The summed E-state index contributed by atoms with van der Waals surface area (Å²) >= 11 is 0. The van der Waals surface area contributed by atoms with Gasteiger partial charge in [0, 0.05) is 37.1 Å². The molecule has 0 bridgehead atoms. The first-order valence-electron chi connectivity index (χ1n) is 13.6. The number of rotatable bonds is 5. The molecule has 2 saturated heterocycles. The number of nitrogens with zero attached hydrogens (tertiary/aromatic N) is 4. The van der Waals surface area contributed by atoms with Crippen molar-refractivity contribution in [1.29, 1.82) is 0 Å². The molecular weight excluding hydrogens is 536 g/mol. The number of aliphatic carboxylic acids is 1. The number of hydrogen-bond donors (Lipinski definition) is 2. The number of carboxylic acids is 1. The maximum Gasteiger partial charge on any atom is 0.408 e. The highest BCUT2D eigenvalue weighted by Crippen LogP contribution is 2.38. The van der Waals surface area contributed by atoms with Crippen LogP contribution in [0.2, 0.25) is 0 Å². The van der Waals surface area contributed by atoms with Gasteiger partial charge in [0.1, 0.15) is 22.8 Å². The molecule has 4 heterocycles. The van der Waals surface area contributed by atoms with Crippen molar-refractivity contribution in [2.24, 2.45) is 0 Å². The molecule has 2 N–H and O–H groups in total. The van der Waals surface area contributed by atoms with Gasteiger partial charge < -0.3 is 25.0 Å². The van der Waals surface area contributed by atoms with Crippen LogP contribution in [0.1, 0.15) is 68.4 Å². The highest BCUT2D eigenvalue weighted by molar-refractivity contribution is 6.01. The molecule has 2 amide bonds. The topological polar surface area (TPSA) is 116 Å². The average molecular weight is 570 g/mol. The number of carboxylic acid groups (broad SMARTS) is 1. The van der Waals surface area contributed by atoms with E-state index in [0.717, 1.165) is 24.2 Å². The molecule has 3 aromatic rings. The van der Waals surface area contributed by atoms with Crippen molar-refractivity contribution in [2.45, 2.75) is 63.6 Å². The molecule has 41 heavy (non-hydrogen) atoms. The summed E-state index contributed by atoms with van der Waals surface area (Å²) in [4.78, 5) is 41.6. The zero-order valence-corrected chi connectivity index (χ0v) is 23.2. The number of piperidine rings is 1. The van der Waals surface area contributed by atoms with Gasteiger partial charge in [-0.1, -0.05) is 0 Å². The highest BCUT2D eigenvalue weighted by Gasteiger charge is 2.45. The summed E-state index contributed by atoms with van der Waals surface area (Å²) in [7, 11) is 0. The average Bonchev–Trinajstić information content (AvgIpc) is 3.56. The lowest BCUT2D eigenvalue weighted by molar-refractivity contribution is -0.146. The number of benzene rings is 1. The van der Waals surface area contributed by atoms with Crippen molar-refractivity contribution in [3.8, 4) is 0 Å². The molecule has 0 saturated carbocycles. The first-order valence-corrected chi connectivity index (χ1v) is 13.6.